The topological polar surface area (TPSA) is 64.4 Å². The molecule has 0 saturated heterocycles. The fraction of sp³-hybridized carbons (Fsp3) is 0.444. The number of methoxy groups -OCH3 is 1. The minimum absolute atomic E-state index is 0.108. The molecule has 2 aromatic rings. The van der Waals surface area contributed by atoms with Gasteiger partial charge in [0.15, 0.2) is 5.69 Å². The van der Waals surface area contributed by atoms with Crippen LogP contribution < -0.4 is 0 Å². The van der Waals surface area contributed by atoms with E-state index in [9.17, 15) is 9.90 Å². The Bertz CT molecular complexity index is 747. The number of hydrogen-bond acceptors (Lipinski definition) is 3. The maximum atomic E-state index is 11.9. The van der Waals surface area contributed by atoms with Crippen molar-refractivity contribution in [2.45, 2.75) is 39.7 Å². The summed E-state index contributed by atoms with van der Waals surface area (Å²) in [5.74, 6) is -0.927. The van der Waals surface area contributed by atoms with E-state index in [1.165, 1.54) is 0 Å². The van der Waals surface area contributed by atoms with Crippen LogP contribution in [0, 0.1) is 5.41 Å². The molecule has 3 rings (SSSR count). The van der Waals surface area contributed by atoms with E-state index in [0.717, 1.165) is 41.8 Å². The number of benzene rings is 1. The van der Waals surface area contributed by atoms with E-state index in [2.05, 4.69) is 18.9 Å². The summed E-state index contributed by atoms with van der Waals surface area (Å²) < 4.78 is 6.82. The lowest BCUT2D eigenvalue weighted by atomic mass is 9.76. The molecular formula is C18H22N2O3. The number of aromatic carboxylic acids is 1. The van der Waals surface area contributed by atoms with Crippen molar-refractivity contribution in [1.29, 1.82) is 0 Å². The van der Waals surface area contributed by atoms with Gasteiger partial charge in [-0.1, -0.05) is 32.0 Å². The number of fused-ring (bicyclic) bond motifs is 1. The highest BCUT2D eigenvalue weighted by molar-refractivity contribution is 5.88. The highest BCUT2D eigenvalue weighted by Crippen LogP contribution is 2.37. The molecule has 0 unspecified atom stereocenters. The molecule has 1 aromatic heterocycles. The SMILES string of the molecule is COCc1ccccc1-n1nc2c(c1C(=O)O)CC(C)(C)CC2. The highest BCUT2D eigenvalue weighted by atomic mass is 16.5. The number of rotatable bonds is 4. The summed E-state index contributed by atoms with van der Waals surface area (Å²) in [5, 5.41) is 14.4. The summed E-state index contributed by atoms with van der Waals surface area (Å²) in [5.41, 5.74) is 3.89. The van der Waals surface area contributed by atoms with Gasteiger partial charge in [-0.15, -0.1) is 0 Å². The van der Waals surface area contributed by atoms with Crippen LogP contribution in [0.5, 0.6) is 0 Å². The number of aromatic nitrogens is 2. The van der Waals surface area contributed by atoms with E-state index in [0.29, 0.717) is 6.61 Å². The Morgan fingerprint density at radius 3 is 2.83 bits per heavy atom. The Balaban J connectivity index is 2.18. The molecule has 1 N–H and O–H groups in total. The summed E-state index contributed by atoms with van der Waals surface area (Å²) in [4.78, 5) is 11.9. The second kappa shape index (κ2) is 5.81. The molecule has 122 valence electrons. The normalized spacial score (nSPS) is 16.1. The number of hydrogen-bond donors (Lipinski definition) is 1. The fourth-order valence-corrected chi connectivity index (χ4v) is 3.29. The molecule has 1 aliphatic carbocycles. The van der Waals surface area contributed by atoms with Crippen LogP contribution in [0.4, 0.5) is 0 Å². The monoisotopic (exact) mass is 314 g/mol. The first-order valence-corrected chi connectivity index (χ1v) is 7.84. The van der Waals surface area contributed by atoms with E-state index in [1.807, 2.05) is 24.3 Å². The van der Waals surface area contributed by atoms with E-state index < -0.39 is 5.97 Å². The van der Waals surface area contributed by atoms with Gasteiger partial charge < -0.3 is 9.84 Å². The van der Waals surface area contributed by atoms with Crippen molar-refractivity contribution in [3.8, 4) is 5.69 Å². The molecule has 1 aliphatic rings. The Hall–Kier alpha value is -2.14. The van der Waals surface area contributed by atoms with E-state index in [1.54, 1.807) is 11.8 Å². The van der Waals surface area contributed by atoms with Gasteiger partial charge in [0.1, 0.15) is 0 Å². The van der Waals surface area contributed by atoms with Gasteiger partial charge in [0.25, 0.3) is 0 Å². The number of nitrogens with zero attached hydrogens (tertiary/aromatic N) is 2. The van der Waals surface area contributed by atoms with Gasteiger partial charge in [0.05, 0.1) is 18.0 Å². The van der Waals surface area contributed by atoms with Crippen molar-refractivity contribution < 1.29 is 14.6 Å². The first-order valence-electron chi connectivity index (χ1n) is 7.84. The number of para-hydroxylation sites is 1. The predicted molar refractivity (Wildman–Crippen MR) is 87.0 cm³/mol. The summed E-state index contributed by atoms with van der Waals surface area (Å²) in [6.07, 6.45) is 2.59. The largest absolute Gasteiger partial charge is 0.476 e. The lowest BCUT2D eigenvalue weighted by molar-refractivity contribution is 0.0685. The molecule has 0 fully saturated rings. The Morgan fingerprint density at radius 2 is 2.13 bits per heavy atom. The van der Waals surface area contributed by atoms with Crippen molar-refractivity contribution in [2.24, 2.45) is 5.41 Å². The molecule has 0 saturated carbocycles. The number of aryl methyl sites for hydroxylation is 1. The van der Waals surface area contributed by atoms with Crippen molar-refractivity contribution >= 4 is 5.97 Å². The smallest absolute Gasteiger partial charge is 0.354 e. The molecule has 1 heterocycles. The van der Waals surface area contributed by atoms with Crippen LogP contribution in [0.25, 0.3) is 5.69 Å². The minimum atomic E-state index is -0.927. The van der Waals surface area contributed by atoms with Crippen LogP contribution in [0.3, 0.4) is 0 Å². The van der Waals surface area contributed by atoms with Crippen LogP contribution in [0.1, 0.15) is 47.6 Å². The third-order valence-corrected chi connectivity index (χ3v) is 4.48. The zero-order valence-corrected chi connectivity index (χ0v) is 13.8. The molecule has 0 radical (unpaired) electrons. The molecule has 5 nitrogen and oxygen atoms in total. The number of carboxylic acid groups (broad SMARTS) is 1. The Morgan fingerprint density at radius 1 is 1.39 bits per heavy atom. The molecule has 0 bridgehead atoms. The van der Waals surface area contributed by atoms with Crippen LogP contribution in [-0.4, -0.2) is 28.0 Å². The fourth-order valence-electron chi connectivity index (χ4n) is 3.29. The van der Waals surface area contributed by atoms with Gasteiger partial charge in [-0.25, -0.2) is 9.48 Å². The summed E-state index contributed by atoms with van der Waals surface area (Å²) in [6, 6.07) is 7.65. The van der Waals surface area contributed by atoms with E-state index >= 15 is 0 Å². The molecule has 0 aliphatic heterocycles. The van der Waals surface area contributed by atoms with Gasteiger partial charge in [-0.3, -0.25) is 0 Å². The third kappa shape index (κ3) is 2.88. The quantitative estimate of drug-likeness (QED) is 0.941. The Kier molecular flexibility index (Phi) is 3.98. The van der Waals surface area contributed by atoms with E-state index in [4.69, 9.17) is 4.74 Å². The number of carboxylic acids is 1. The maximum Gasteiger partial charge on any atom is 0.354 e. The minimum Gasteiger partial charge on any atom is -0.476 e. The second-order valence-corrected chi connectivity index (χ2v) is 6.89. The van der Waals surface area contributed by atoms with Crippen molar-refractivity contribution in [2.75, 3.05) is 7.11 Å². The van der Waals surface area contributed by atoms with Crippen LogP contribution in [-0.2, 0) is 24.2 Å². The summed E-state index contributed by atoms with van der Waals surface area (Å²) in [7, 11) is 1.63. The van der Waals surface area contributed by atoms with Gasteiger partial charge in [-0.2, -0.15) is 5.10 Å². The standard InChI is InChI=1S/C18H22N2O3/c1-18(2)9-8-14-13(10-18)16(17(21)22)20(19-14)15-7-5-4-6-12(15)11-23-3/h4-7H,8-11H2,1-3H3,(H,21,22). The third-order valence-electron chi connectivity index (χ3n) is 4.48. The van der Waals surface area contributed by atoms with Crippen molar-refractivity contribution in [3.63, 3.8) is 0 Å². The highest BCUT2D eigenvalue weighted by Gasteiger charge is 2.33. The average molecular weight is 314 g/mol. The van der Waals surface area contributed by atoms with E-state index in [-0.39, 0.29) is 11.1 Å². The Labute approximate surface area is 135 Å². The first-order chi connectivity index (χ1) is 10.9. The number of ether oxygens (including phenoxy) is 1. The zero-order chi connectivity index (χ0) is 16.6. The summed E-state index contributed by atoms with van der Waals surface area (Å²) in [6.45, 7) is 4.78. The molecule has 5 heteroatoms. The van der Waals surface area contributed by atoms with Gasteiger partial charge in [0.2, 0.25) is 0 Å². The molecular weight excluding hydrogens is 292 g/mol. The molecule has 0 atom stereocenters. The maximum absolute atomic E-state index is 11.9. The number of carbonyl (C=O) groups is 1. The van der Waals surface area contributed by atoms with Gasteiger partial charge in [-0.05, 0) is 30.7 Å². The zero-order valence-electron chi connectivity index (χ0n) is 13.8. The van der Waals surface area contributed by atoms with Crippen molar-refractivity contribution in [1.82, 2.24) is 9.78 Å². The van der Waals surface area contributed by atoms with Crippen molar-refractivity contribution in [3.05, 3.63) is 46.8 Å². The first kappa shape index (κ1) is 15.7. The second-order valence-electron chi connectivity index (χ2n) is 6.89. The van der Waals surface area contributed by atoms with Gasteiger partial charge in [0, 0.05) is 18.2 Å². The molecule has 23 heavy (non-hydrogen) atoms. The van der Waals surface area contributed by atoms with Gasteiger partial charge >= 0.3 is 5.97 Å². The lowest BCUT2D eigenvalue weighted by Gasteiger charge is -2.28. The molecule has 1 aromatic carbocycles. The predicted octanol–water partition coefficient (Wildman–Crippen LogP) is 3.23. The molecule has 0 amide bonds. The molecule has 0 spiro atoms. The lowest BCUT2D eigenvalue weighted by Crippen LogP contribution is -2.23. The average Bonchev–Trinajstić information content (AvgIpc) is 2.85. The van der Waals surface area contributed by atoms with Crippen LogP contribution in [0.2, 0.25) is 0 Å². The van der Waals surface area contributed by atoms with Crippen LogP contribution >= 0.6 is 0 Å². The summed E-state index contributed by atoms with van der Waals surface area (Å²) >= 11 is 0. The van der Waals surface area contributed by atoms with Crippen LogP contribution in [0.15, 0.2) is 24.3 Å².